The van der Waals surface area contributed by atoms with E-state index in [2.05, 4.69) is 0 Å². The quantitative estimate of drug-likeness (QED) is 0.181. The maximum atomic E-state index is 13.1. The Hall–Kier alpha value is -4.48. The van der Waals surface area contributed by atoms with Gasteiger partial charge in [-0.15, -0.1) is 45.3 Å². The van der Waals surface area contributed by atoms with Gasteiger partial charge in [-0.25, -0.2) is 9.80 Å². The number of anilines is 2. The number of rotatable bonds is 5. The molecule has 0 aliphatic carbocycles. The van der Waals surface area contributed by atoms with Crippen molar-refractivity contribution in [2.45, 2.75) is 0 Å². The Morgan fingerprint density at radius 2 is 0.738 bits per heavy atom. The SMILES string of the molecule is O=C1c2cc(-c3ccc(-c4ccc(-c5cc6c(s5)C(=O)N(c5ccccc5)C6=O)s4)s3)sc2C(=O)N1c1ccccc1. The summed E-state index contributed by atoms with van der Waals surface area (Å²) < 4.78 is 0. The second-order valence-electron chi connectivity index (χ2n) is 9.60. The Bertz CT molecular complexity index is 1870. The normalized spacial score (nSPS) is 14.3. The number of hydrogen-bond donors (Lipinski definition) is 0. The van der Waals surface area contributed by atoms with Crippen LogP contribution < -0.4 is 9.80 Å². The summed E-state index contributed by atoms with van der Waals surface area (Å²) in [7, 11) is 0. The maximum absolute atomic E-state index is 13.1. The number of para-hydroxylation sites is 2. The van der Waals surface area contributed by atoms with E-state index in [0.29, 0.717) is 32.3 Å². The summed E-state index contributed by atoms with van der Waals surface area (Å²) in [5, 5.41) is 0. The zero-order chi connectivity index (χ0) is 28.5. The van der Waals surface area contributed by atoms with Gasteiger partial charge >= 0.3 is 0 Å². The van der Waals surface area contributed by atoms with Crippen LogP contribution in [-0.4, -0.2) is 23.6 Å². The third-order valence-electron chi connectivity index (χ3n) is 7.10. The van der Waals surface area contributed by atoms with Crippen LogP contribution in [0.2, 0.25) is 0 Å². The lowest BCUT2D eigenvalue weighted by molar-refractivity contribution is 0.0911. The molecule has 0 bridgehead atoms. The Labute approximate surface area is 255 Å². The first kappa shape index (κ1) is 25.2. The van der Waals surface area contributed by atoms with Crippen molar-refractivity contribution in [1.29, 1.82) is 0 Å². The molecule has 6 heterocycles. The molecular weight excluding hydrogens is 605 g/mol. The van der Waals surface area contributed by atoms with E-state index in [4.69, 9.17) is 0 Å². The third-order valence-corrected chi connectivity index (χ3v) is 12.1. The average Bonchev–Trinajstić information content (AvgIpc) is 3.84. The van der Waals surface area contributed by atoms with E-state index in [1.807, 2.05) is 48.5 Å². The van der Waals surface area contributed by atoms with Crippen molar-refractivity contribution in [2.24, 2.45) is 0 Å². The van der Waals surface area contributed by atoms with E-state index in [0.717, 1.165) is 29.3 Å². The number of thiophene rings is 4. The van der Waals surface area contributed by atoms with Crippen LogP contribution in [-0.2, 0) is 0 Å². The molecule has 4 amide bonds. The molecule has 0 radical (unpaired) electrons. The molecule has 10 heteroatoms. The lowest BCUT2D eigenvalue weighted by Gasteiger charge is -2.13. The monoisotopic (exact) mass is 620 g/mol. The van der Waals surface area contributed by atoms with Gasteiger partial charge in [0.25, 0.3) is 23.6 Å². The number of hydrogen-bond acceptors (Lipinski definition) is 8. The predicted molar refractivity (Wildman–Crippen MR) is 169 cm³/mol. The first-order valence-electron chi connectivity index (χ1n) is 12.8. The van der Waals surface area contributed by atoms with Gasteiger partial charge in [0.1, 0.15) is 9.75 Å². The average molecular weight is 621 g/mol. The van der Waals surface area contributed by atoms with Gasteiger partial charge in [0.2, 0.25) is 0 Å². The molecule has 0 saturated heterocycles. The number of carbonyl (C=O) groups is 4. The van der Waals surface area contributed by atoms with E-state index in [9.17, 15) is 19.2 Å². The van der Waals surface area contributed by atoms with Gasteiger partial charge in [0.05, 0.1) is 22.5 Å². The zero-order valence-electron chi connectivity index (χ0n) is 21.4. The van der Waals surface area contributed by atoms with Crippen LogP contribution in [0.1, 0.15) is 40.1 Å². The van der Waals surface area contributed by atoms with Crippen molar-refractivity contribution in [3.05, 3.63) is 118 Å². The lowest BCUT2D eigenvalue weighted by atomic mass is 10.2. The fraction of sp³-hybridized carbons (Fsp3) is 0. The highest BCUT2D eigenvalue weighted by atomic mass is 32.1. The summed E-state index contributed by atoms with van der Waals surface area (Å²) in [5.74, 6) is -1.17. The highest BCUT2D eigenvalue weighted by Gasteiger charge is 2.40. The fourth-order valence-electron chi connectivity index (χ4n) is 5.12. The molecule has 6 nitrogen and oxygen atoms in total. The molecule has 0 atom stereocenters. The van der Waals surface area contributed by atoms with Crippen molar-refractivity contribution >= 4 is 80.4 Å². The van der Waals surface area contributed by atoms with Crippen molar-refractivity contribution in [3.63, 3.8) is 0 Å². The summed E-state index contributed by atoms with van der Waals surface area (Å²) in [6.07, 6.45) is 0. The van der Waals surface area contributed by atoms with Gasteiger partial charge < -0.3 is 0 Å². The molecule has 0 spiro atoms. The van der Waals surface area contributed by atoms with Crippen molar-refractivity contribution in [3.8, 4) is 29.3 Å². The topological polar surface area (TPSA) is 74.8 Å². The fourth-order valence-corrected chi connectivity index (χ4v) is 9.54. The van der Waals surface area contributed by atoms with Crippen molar-refractivity contribution < 1.29 is 19.2 Å². The highest BCUT2D eigenvalue weighted by Crippen LogP contribution is 2.46. The van der Waals surface area contributed by atoms with E-state index in [1.165, 1.54) is 32.5 Å². The summed E-state index contributed by atoms with van der Waals surface area (Å²) >= 11 is 5.89. The number of imide groups is 2. The molecule has 4 aromatic heterocycles. The molecule has 0 unspecified atom stereocenters. The van der Waals surface area contributed by atoms with Gasteiger partial charge in [0, 0.05) is 29.3 Å². The summed E-state index contributed by atoms with van der Waals surface area (Å²) in [6, 6.07) is 29.7. The Morgan fingerprint density at radius 1 is 0.381 bits per heavy atom. The molecule has 42 heavy (non-hydrogen) atoms. The lowest BCUT2D eigenvalue weighted by Crippen LogP contribution is -2.29. The van der Waals surface area contributed by atoms with Crippen LogP contribution in [0.15, 0.2) is 97.1 Å². The maximum Gasteiger partial charge on any atom is 0.276 e. The molecule has 2 aromatic carbocycles. The molecule has 0 saturated carbocycles. The Morgan fingerprint density at radius 3 is 1.10 bits per heavy atom. The van der Waals surface area contributed by atoms with Crippen LogP contribution in [0, 0.1) is 0 Å². The second-order valence-corrected chi connectivity index (χ2v) is 13.9. The number of amides is 4. The van der Waals surface area contributed by atoms with Crippen LogP contribution in [0.5, 0.6) is 0 Å². The first-order valence-corrected chi connectivity index (χ1v) is 16.1. The molecule has 2 aliphatic rings. The van der Waals surface area contributed by atoms with E-state index in [1.54, 1.807) is 71.2 Å². The minimum atomic E-state index is -0.296. The molecule has 8 rings (SSSR count). The van der Waals surface area contributed by atoms with Gasteiger partial charge in [0.15, 0.2) is 0 Å². The Balaban J connectivity index is 1.04. The molecule has 2 aliphatic heterocycles. The van der Waals surface area contributed by atoms with E-state index >= 15 is 0 Å². The smallest absolute Gasteiger partial charge is 0.268 e. The number of carbonyl (C=O) groups excluding carboxylic acids is 4. The van der Waals surface area contributed by atoms with E-state index < -0.39 is 0 Å². The van der Waals surface area contributed by atoms with Gasteiger partial charge in [-0.05, 0) is 60.7 Å². The molecule has 0 fully saturated rings. The molecule has 0 N–H and O–H groups in total. The van der Waals surface area contributed by atoms with Gasteiger partial charge in [-0.2, -0.15) is 0 Å². The highest BCUT2D eigenvalue weighted by molar-refractivity contribution is 7.29. The van der Waals surface area contributed by atoms with Crippen molar-refractivity contribution in [2.75, 3.05) is 9.80 Å². The van der Waals surface area contributed by atoms with Crippen LogP contribution in [0.4, 0.5) is 11.4 Å². The van der Waals surface area contributed by atoms with Gasteiger partial charge in [-0.3, -0.25) is 19.2 Å². The Kier molecular flexibility index (Phi) is 5.73. The number of nitrogens with zero attached hydrogens (tertiary/aromatic N) is 2. The predicted octanol–water partition coefficient (Wildman–Crippen LogP) is 8.53. The third kappa shape index (κ3) is 3.80. The number of benzene rings is 2. The van der Waals surface area contributed by atoms with Crippen molar-refractivity contribution in [1.82, 2.24) is 0 Å². The minimum absolute atomic E-state index is 0.288. The van der Waals surface area contributed by atoms with Crippen LogP contribution in [0.3, 0.4) is 0 Å². The standard InChI is InChI=1S/C32H16N2O4S4/c35-29-19-15-25(41-27(19)31(37)33(29)17-7-3-1-4-8-17)23-13-11-21(39-23)22-12-14-24(40-22)26-16-20-28(42-26)32(38)34(30(20)36)18-9-5-2-6-10-18/h1-16H. The van der Waals surface area contributed by atoms with Gasteiger partial charge in [-0.1, -0.05) is 36.4 Å². The molecule has 6 aromatic rings. The summed E-state index contributed by atoms with van der Waals surface area (Å²) in [6.45, 7) is 0. The summed E-state index contributed by atoms with van der Waals surface area (Å²) in [5.41, 5.74) is 2.03. The molecule has 202 valence electrons. The number of fused-ring (bicyclic) bond motifs is 2. The minimum Gasteiger partial charge on any atom is -0.268 e. The second kappa shape index (κ2) is 9.53. The largest absolute Gasteiger partial charge is 0.276 e. The van der Waals surface area contributed by atoms with Crippen LogP contribution in [0.25, 0.3) is 29.3 Å². The van der Waals surface area contributed by atoms with E-state index in [-0.39, 0.29) is 23.6 Å². The first-order chi connectivity index (χ1) is 20.5. The zero-order valence-corrected chi connectivity index (χ0v) is 24.7. The summed E-state index contributed by atoms with van der Waals surface area (Å²) in [4.78, 5) is 61.6. The van der Waals surface area contributed by atoms with Crippen LogP contribution >= 0.6 is 45.3 Å². The molecular formula is C32H16N2O4S4.